The van der Waals surface area contributed by atoms with Gasteiger partial charge in [0.2, 0.25) is 5.91 Å². The molecule has 0 unspecified atom stereocenters. The van der Waals surface area contributed by atoms with Gasteiger partial charge in [-0.3, -0.25) is 9.69 Å². The van der Waals surface area contributed by atoms with E-state index in [1.165, 1.54) is 23.1 Å². The Morgan fingerprint density at radius 1 is 1.31 bits per heavy atom. The molecule has 7 nitrogen and oxygen atoms in total. The maximum Gasteiger partial charge on any atom is 0.410 e. The van der Waals surface area contributed by atoms with E-state index in [0.29, 0.717) is 19.4 Å². The molecule has 1 aliphatic rings. The Morgan fingerprint density at radius 3 is 2.54 bits per heavy atom. The van der Waals surface area contributed by atoms with Crippen molar-refractivity contribution in [2.45, 2.75) is 50.2 Å². The van der Waals surface area contributed by atoms with Gasteiger partial charge in [-0.1, -0.05) is 11.6 Å². The predicted octanol–water partition coefficient (Wildman–Crippen LogP) is 3.08. The smallest absolute Gasteiger partial charge is 0.410 e. The molecule has 1 saturated heterocycles. The summed E-state index contributed by atoms with van der Waals surface area (Å²) in [4.78, 5) is 26.4. The second-order valence-corrected chi connectivity index (χ2v) is 9.66. The van der Waals surface area contributed by atoms with Crippen molar-refractivity contribution in [3.05, 3.63) is 23.2 Å². The van der Waals surface area contributed by atoms with Crippen LogP contribution in [0.1, 0.15) is 33.6 Å². The van der Waals surface area contributed by atoms with Gasteiger partial charge in [0.05, 0.1) is 15.6 Å². The lowest BCUT2D eigenvalue weighted by molar-refractivity contribution is -0.120. The van der Waals surface area contributed by atoms with Gasteiger partial charge in [-0.2, -0.15) is 0 Å². The summed E-state index contributed by atoms with van der Waals surface area (Å²) in [7, 11) is -3.44. The number of rotatable bonds is 3. The van der Waals surface area contributed by atoms with E-state index in [0.717, 1.165) is 6.26 Å². The molecular weight excluding hydrogens is 380 g/mol. The molecule has 0 bridgehead atoms. The molecule has 1 aromatic rings. The van der Waals surface area contributed by atoms with Gasteiger partial charge in [-0.05, 0) is 51.8 Å². The fourth-order valence-corrected chi connectivity index (χ4v) is 3.44. The van der Waals surface area contributed by atoms with Crippen LogP contribution < -0.4 is 5.32 Å². The Labute approximate surface area is 158 Å². The molecule has 1 aromatic carbocycles. The third-order valence-corrected chi connectivity index (χ3v) is 5.25. The summed E-state index contributed by atoms with van der Waals surface area (Å²) in [5, 5.41) is 2.84. The average molecular weight is 403 g/mol. The van der Waals surface area contributed by atoms with E-state index < -0.39 is 33.5 Å². The Morgan fingerprint density at radius 2 is 1.96 bits per heavy atom. The summed E-state index contributed by atoms with van der Waals surface area (Å²) in [6.45, 7) is 5.69. The number of anilines is 1. The van der Waals surface area contributed by atoms with Gasteiger partial charge in [0, 0.05) is 12.8 Å². The minimum absolute atomic E-state index is 0.0487. The van der Waals surface area contributed by atoms with Crippen LogP contribution >= 0.6 is 11.6 Å². The number of amides is 2. The number of halogens is 1. The molecule has 1 atom stereocenters. The zero-order valence-electron chi connectivity index (χ0n) is 15.2. The van der Waals surface area contributed by atoms with Crippen molar-refractivity contribution in [3.8, 4) is 0 Å². The fraction of sp³-hybridized carbons (Fsp3) is 0.529. The van der Waals surface area contributed by atoms with E-state index in [4.69, 9.17) is 16.3 Å². The minimum Gasteiger partial charge on any atom is -0.444 e. The van der Waals surface area contributed by atoms with Crippen LogP contribution in [0, 0.1) is 0 Å². The highest BCUT2D eigenvalue weighted by Gasteiger charge is 2.36. The van der Waals surface area contributed by atoms with Crippen molar-refractivity contribution in [1.82, 2.24) is 4.90 Å². The number of carbonyl (C=O) groups excluding carboxylic acids is 2. The summed E-state index contributed by atoms with van der Waals surface area (Å²) in [6, 6.07) is 3.40. The molecule has 0 radical (unpaired) electrons. The van der Waals surface area contributed by atoms with Crippen LogP contribution in [0.15, 0.2) is 23.1 Å². The van der Waals surface area contributed by atoms with E-state index in [-0.39, 0.29) is 15.6 Å². The minimum atomic E-state index is -3.44. The topological polar surface area (TPSA) is 92.8 Å². The summed E-state index contributed by atoms with van der Waals surface area (Å²) >= 11 is 6.07. The van der Waals surface area contributed by atoms with E-state index in [2.05, 4.69) is 5.32 Å². The van der Waals surface area contributed by atoms with Crippen LogP contribution in [0.3, 0.4) is 0 Å². The van der Waals surface area contributed by atoms with Gasteiger partial charge < -0.3 is 10.1 Å². The number of ether oxygens (including phenoxy) is 1. The van der Waals surface area contributed by atoms with Gasteiger partial charge in [0.1, 0.15) is 11.6 Å². The number of nitrogens with zero attached hydrogens (tertiary/aromatic N) is 1. The monoisotopic (exact) mass is 402 g/mol. The summed E-state index contributed by atoms with van der Waals surface area (Å²) in [5.74, 6) is -0.430. The molecule has 2 rings (SSSR count). The van der Waals surface area contributed by atoms with Gasteiger partial charge in [-0.25, -0.2) is 13.2 Å². The van der Waals surface area contributed by atoms with Crippen molar-refractivity contribution in [1.29, 1.82) is 0 Å². The Bertz CT molecular complexity index is 817. The molecule has 0 saturated carbocycles. The molecule has 2 amide bonds. The van der Waals surface area contributed by atoms with Crippen molar-refractivity contribution in [2.24, 2.45) is 0 Å². The molecular formula is C17H23ClN2O5S. The lowest BCUT2D eigenvalue weighted by Crippen LogP contribution is -2.45. The summed E-state index contributed by atoms with van der Waals surface area (Å²) in [6.07, 6.45) is 1.69. The van der Waals surface area contributed by atoms with Crippen LogP contribution in [0.5, 0.6) is 0 Å². The number of sulfone groups is 1. The Hall–Kier alpha value is -1.80. The number of carbonyl (C=O) groups is 2. The molecule has 26 heavy (non-hydrogen) atoms. The molecule has 1 fully saturated rings. The number of benzene rings is 1. The molecule has 1 heterocycles. The zero-order valence-corrected chi connectivity index (χ0v) is 16.8. The van der Waals surface area contributed by atoms with Gasteiger partial charge in [-0.15, -0.1) is 0 Å². The average Bonchev–Trinajstić information content (AvgIpc) is 2.96. The van der Waals surface area contributed by atoms with Crippen molar-refractivity contribution in [2.75, 3.05) is 18.1 Å². The van der Waals surface area contributed by atoms with Gasteiger partial charge in [0.25, 0.3) is 0 Å². The Balaban J connectivity index is 2.18. The van der Waals surface area contributed by atoms with Crippen LogP contribution in [-0.4, -0.2) is 49.8 Å². The van der Waals surface area contributed by atoms with E-state index >= 15 is 0 Å². The number of likely N-dealkylation sites (tertiary alicyclic amines) is 1. The lowest BCUT2D eigenvalue weighted by atomic mass is 10.2. The van der Waals surface area contributed by atoms with Crippen LogP contribution in [0.4, 0.5) is 10.5 Å². The molecule has 9 heteroatoms. The molecule has 0 aromatic heterocycles. The first-order chi connectivity index (χ1) is 11.9. The molecule has 1 aliphatic heterocycles. The Kier molecular flexibility index (Phi) is 5.87. The number of hydrogen-bond donors (Lipinski definition) is 1. The predicted molar refractivity (Wildman–Crippen MR) is 99.2 cm³/mol. The van der Waals surface area contributed by atoms with Crippen LogP contribution in [0.2, 0.25) is 5.02 Å². The van der Waals surface area contributed by atoms with E-state index in [1.54, 1.807) is 20.8 Å². The zero-order chi connectivity index (χ0) is 19.7. The van der Waals surface area contributed by atoms with Crippen molar-refractivity contribution < 1.29 is 22.7 Å². The highest BCUT2D eigenvalue weighted by atomic mass is 35.5. The third kappa shape index (κ3) is 5.11. The fourth-order valence-electron chi connectivity index (χ4n) is 2.63. The molecule has 144 valence electrons. The van der Waals surface area contributed by atoms with Crippen LogP contribution in [0.25, 0.3) is 0 Å². The summed E-state index contributed by atoms with van der Waals surface area (Å²) in [5.41, 5.74) is -0.469. The first-order valence-electron chi connectivity index (χ1n) is 8.18. The van der Waals surface area contributed by atoms with Crippen molar-refractivity contribution in [3.63, 3.8) is 0 Å². The number of hydrogen-bond acceptors (Lipinski definition) is 5. The maximum absolute atomic E-state index is 12.6. The second kappa shape index (κ2) is 7.44. The van der Waals surface area contributed by atoms with Crippen molar-refractivity contribution >= 4 is 39.1 Å². The first-order valence-corrected chi connectivity index (χ1v) is 10.5. The lowest BCUT2D eigenvalue weighted by Gasteiger charge is -2.28. The largest absolute Gasteiger partial charge is 0.444 e. The number of nitrogens with one attached hydrogen (secondary N) is 1. The van der Waals surface area contributed by atoms with E-state index in [9.17, 15) is 18.0 Å². The normalized spacial score (nSPS) is 17.9. The summed E-state index contributed by atoms with van der Waals surface area (Å²) < 4.78 is 28.7. The highest BCUT2D eigenvalue weighted by molar-refractivity contribution is 7.90. The third-order valence-electron chi connectivity index (χ3n) is 3.81. The first kappa shape index (κ1) is 20.5. The molecule has 0 spiro atoms. The standard InChI is InChI=1S/C17H23ClN2O5S/c1-17(2,3)25-16(22)20-9-5-6-14(20)15(21)19-13-10-11(26(4,23)24)7-8-12(13)18/h7-8,10,14H,5-6,9H2,1-4H3,(H,19,21)/t14-/m1/s1. The van der Waals surface area contributed by atoms with Gasteiger partial charge in [0.15, 0.2) is 9.84 Å². The van der Waals surface area contributed by atoms with E-state index in [1.807, 2.05) is 0 Å². The SMILES string of the molecule is CC(C)(C)OC(=O)N1CCC[C@@H]1C(=O)Nc1cc(S(C)(=O)=O)ccc1Cl. The second-order valence-electron chi connectivity index (χ2n) is 7.23. The molecule has 0 aliphatic carbocycles. The van der Waals surface area contributed by atoms with Crippen LogP contribution in [-0.2, 0) is 19.4 Å². The van der Waals surface area contributed by atoms with Gasteiger partial charge >= 0.3 is 6.09 Å². The quantitative estimate of drug-likeness (QED) is 0.838. The molecule has 1 N–H and O–H groups in total. The highest BCUT2D eigenvalue weighted by Crippen LogP contribution is 2.27. The maximum atomic E-state index is 12.6.